The van der Waals surface area contributed by atoms with Crippen molar-refractivity contribution in [2.24, 2.45) is 4.99 Å². The molecule has 0 radical (unpaired) electrons. The molecule has 1 aliphatic heterocycles. The van der Waals surface area contributed by atoms with Gasteiger partial charge in [0.25, 0.3) is 0 Å². The van der Waals surface area contributed by atoms with Gasteiger partial charge in [-0.1, -0.05) is 0 Å². The van der Waals surface area contributed by atoms with E-state index in [1.165, 1.54) is 18.7 Å². The Balaban J connectivity index is 2.09. The normalized spacial score (nSPS) is 17.8. The predicted molar refractivity (Wildman–Crippen MR) is 52.7 cm³/mol. The molecule has 0 fully saturated rings. The van der Waals surface area contributed by atoms with Gasteiger partial charge in [-0.2, -0.15) is 0 Å². The molecule has 12 heavy (non-hydrogen) atoms. The van der Waals surface area contributed by atoms with E-state index in [4.69, 9.17) is 0 Å². The van der Waals surface area contributed by atoms with Crippen LogP contribution in [0.4, 0.5) is 0 Å². The zero-order valence-electron chi connectivity index (χ0n) is 8.14. The van der Waals surface area contributed by atoms with Crippen LogP contribution in [0.2, 0.25) is 0 Å². The second-order valence-electron chi connectivity index (χ2n) is 3.52. The second-order valence-corrected chi connectivity index (χ2v) is 3.52. The van der Waals surface area contributed by atoms with Crippen LogP contribution in [0.1, 0.15) is 19.3 Å². The van der Waals surface area contributed by atoms with E-state index in [0.29, 0.717) is 0 Å². The van der Waals surface area contributed by atoms with Gasteiger partial charge in [-0.05, 0) is 26.9 Å². The molecule has 0 atom stereocenters. The van der Waals surface area contributed by atoms with Crippen LogP contribution >= 0.6 is 0 Å². The Bertz CT molecular complexity index is 152. The molecule has 3 heteroatoms. The molecule has 1 N–H and O–H groups in total. The Morgan fingerprint density at radius 2 is 2.25 bits per heavy atom. The molecule has 0 unspecified atom stereocenters. The first-order valence-electron chi connectivity index (χ1n) is 4.71. The maximum atomic E-state index is 4.41. The summed E-state index contributed by atoms with van der Waals surface area (Å²) in [5.41, 5.74) is 0. The minimum absolute atomic E-state index is 1.02. The molecular formula is C9H19N3. The van der Waals surface area contributed by atoms with E-state index in [-0.39, 0.29) is 0 Å². The standard InChI is InChI=1S/C9H19N3/c1-12(2)8-7-11-9-5-3-4-6-10-9/h3-8H2,1-2H3,(H,10,11). The summed E-state index contributed by atoms with van der Waals surface area (Å²) < 4.78 is 0. The van der Waals surface area contributed by atoms with Crippen molar-refractivity contribution in [3.8, 4) is 0 Å². The average molecular weight is 169 g/mol. The fourth-order valence-corrected chi connectivity index (χ4v) is 1.27. The van der Waals surface area contributed by atoms with E-state index in [1.807, 2.05) is 0 Å². The number of rotatable bonds is 3. The smallest absolute Gasteiger partial charge is 0.0963 e. The van der Waals surface area contributed by atoms with Gasteiger partial charge >= 0.3 is 0 Å². The summed E-state index contributed by atoms with van der Waals surface area (Å²) in [6, 6.07) is 0. The summed E-state index contributed by atoms with van der Waals surface area (Å²) in [5, 5.41) is 3.36. The summed E-state index contributed by atoms with van der Waals surface area (Å²) in [6.07, 6.45) is 3.71. The van der Waals surface area contributed by atoms with Crippen molar-refractivity contribution in [3.63, 3.8) is 0 Å². The molecule has 1 heterocycles. The van der Waals surface area contributed by atoms with Gasteiger partial charge < -0.3 is 10.2 Å². The molecule has 1 rings (SSSR count). The monoisotopic (exact) mass is 169 g/mol. The molecule has 0 aliphatic carbocycles. The third-order valence-electron chi connectivity index (χ3n) is 2.01. The summed E-state index contributed by atoms with van der Waals surface area (Å²) >= 11 is 0. The maximum Gasteiger partial charge on any atom is 0.0963 e. The van der Waals surface area contributed by atoms with Crippen LogP contribution in [0, 0.1) is 0 Å². The molecule has 0 aromatic carbocycles. The fourth-order valence-electron chi connectivity index (χ4n) is 1.27. The highest BCUT2D eigenvalue weighted by Crippen LogP contribution is 2.03. The third-order valence-corrected chi connectivity index (χ3v) is 2.01. The Kier molecular flexibility index (Phi) is 4.08. The quantitative estimate of drug-likeness (QED) is 0.674. The molecule has 0 spiro atoms. The molecule has 1 aliphatic rings. The molecule has 70 valence electrons. The van der Waals surface area contributed by atoms with E-state index >= 15 is 0 Å². The second kappa shape index (κ2) is 5.14. The molecule has 0 saturated carbocycles. The number of amidine groups is 1. The van der Waals surface area contributed by atoms with E-state index in [2.05, 4.69) is 29.3 Å². The van der Waals surface area contributed by atoms with Crippen LogP contribution in [-0.2, 0) is 0 Å². The fraction of sp³-hybridized carbons (Fsp3) is 0.889. The number of aliphatic imine (C=N–C) groups is 1. The Morgan fingerprint density at radius 1 is 1.42 bits per heavy atom. The summed E-state index contributed by atoms with van der Waals surface area (Å²) in [4.78, 5) is 6.59. The molecule has 0 bridgehead atoms. The van der Waals surface area contributed by atoms with Gasteiger partial charge in [-0.15, -0.1) is 0 Å². The minimum atomic E-state index is 1.02. The molecular weight excluding hydrogens is 150 g/mol. The van der Waals surface area contributed by atoms with Crippen molar-refractivity contribution in [3.05, 3.63) is 0 Å². The first-order chi connectivity index (χ1) is 5.79. The molecule has 3 nitrogen and oxygen atoms in total. The van der Waals surface area contributed by atoms with Gasteiger partial charge in [-0.25, -0.2) is 0 Å². The van der Waals surface area contributed by atoms with Crippen molar-refractivity contribution in [1.29, 1.82) is 0 Å². The summed E-state index contributed by atoms with van der Waals surface area (Å²) in [6.45, 7) is 3.12. The number of nitrogens with one attached hydrogen (secondary N) is 1. The van der Waals surface area contributed by atoms with Gasteiger partial charge in [-0.3, -0.25) is 4.99 Å². The van der Waals surface area contributed by atoms with Gasteiger partial charge in [0, 0.05) is 26.1 Å². The van der Waals surface area contributed by atoms with E-state index in [9.17, 15) is 0 Å². The van der Waals surface area contributed by atoms with E-state index in [0.717, 1.165) is 26.1 Å². The lowest BCUT2D eigenvalue weighted by Gasteiger charge is -2.15. The largest absolute Gasteiger partial charge is 0.373 e. The molecule has 0 amide bonds. The lowest BCUT2D eigenvalue weighted by molar-refractivity contribution is 0.412. The maximum absolute atomic E-state index is 4.41. The van der Waals surface area contributed by atoms with Crippen LogP contribution < -0.4 is 5.32 Å². The first-order valence-corrected chi connectivity index (χ1v) is 4.71. The lowest BCUT2D eigenvalue weighted by atomic mass is 10.2. The van der Waals surface area contributed by atoms with Crippen molar-refractivity contribution >= 4 is 5.84 Å². The highest BCUT2D eigenvalue weighted by molar-refractivity contribution is 5.82. The van der Waals surface area contributed by atoms with E-state index in [1.54, 1.807) is 0 Å². The number of hydrogen-bond acceptors (Lipinski definition) is 3. The summed E-state index contributed by atoms with van der Waals surface area (Å²) in [5.74, 6) is 1.21. The van der Waals surface area contributed by atoms with Crippen LogP contribution in [0.3, 0.4) is 0 Å². The topological polar surface area (TPSA) is 27.6 Å². The molecule has 0 saturated heterocycles. The van der Waals surface area contributed by atoms with Gasteiger partial charge in [0.15, 0.2) is 0 Å². The van der Waals surface area contributed by atoms with Crippen LogP contribution in [-0.4, -0.2) is 44.5 Å². The highest BCUT2D eigenvalue weighted by Gasteiger charge is 2.03. The van der Waals surface area contributed by atoms with Crippen molar-refractivity contribution < 1.29 is 0 Å². The first kappa shape index (κ1) is 9.52. The zero-order valence-corrected chi connectivity index (χ0v) is 8.14. The minimum Gasteiger partial charge on any atom is -0.373 e. The number of likely N-dealkylation sites (N-methyl/N-ethyl adjacent to an activating group) is 1. The average Bonchev–Trinajstić information content (AvgIpc) is 2.05. The molecule has 0 aromatic rings. The Hall–Kier alpha value is -0.570. The number of nitrogens with zero attached hydrogens (tertiary/aromatic N) is 2. The SMILES string of the molecule is CN(C)CCNC1=NCCCC1. The molecule has 0 aromatic heterocycles. The van der Waals surface area contributed by atoms with Gasteiger partial charge in [0.2, 0.25) is 0 Å². The van der Waals surface area contributed by atoms with Crippen LogP contribution in [0.5, 0.6) is 0 Å². The van der Waals surface area contributed by atoms with Crippen molar-refractivity contribution in [2.45, 2.75) is 19.3 Å². The van der Waals surface area contributed by atoms with Gasteiger partial charge in [0.05, 0.1) is 5.84 Å². The lowest BCUT2D eigenvalue weighted by Crippen LogP contribution is -2.32. The number of hydrogen-bond donors (Lipinski definition) is 1. The third kappa shape index (κ3) is 3.72. The van der Waals surface area contributed by atoms with Crippen LogP contribution in [0.15, 0.2) is 4.99 Å². The van der Waals surface area contributed by atoms with Crippen molar-refractivity contribution in [1.82, 2.24) is 10.2 Å². The van der Waals surface area contributed by atoms with Crippen LogP contribution in [0.25, 0.3) is 0 Å². The summed E-state index contributed by atoms with van der Waals surface area (Å²) in [7, 11) is 4.18. The Labute approximate surface area is 74.9 Å². The van der Waals surface area contributed by atoms with Gasteiger partial charge in [0.1, 0.15) is 0 Å². The van der Waals surface area contributed by atoms with E-state index < -0.39 is 0 Å². The predicted octanol–water partition coefficient (Wildman–Crippen LogP) is 0.720. The van der Waals surface area contributed by atoms with Crippen molar-refractivity contribution in [2.75, 3.05) is 33.7 Å². The zero-order chi connectivity index (χ0) is 8.81. The Morgan fingerprint density at radius 3 is 2.83 bits per heavy atom. The highest BCUT2D eigenvalue weighted by atomic mass is 15.1.